The van der Waals surface area contributed by atoms with Crippen molar-refractivity contribution in [2.45, 2.75) is 51.6 Å². The molecule has 0 fully saturated rings. The van der Waals surface area contributed by atoms with Crippen molar-refractivity contribution >= 4 is 5.97 Å². The summed E-state index contributed by atoms with van der Waals surface area (Å²) in [5, 5.41) is 19.1. The van der Waals surface area contributed by atoms with Gasteiger partial charge in [-0.05, 0) is 38.6 Å². The van der Waals surface area contributed by atoms with Crippen molar-refractivity contribution in [2.75, 3.05) is 6.54 Å². The largest absolute Gasteiger partial charge is 0.481 e. The molecule has 1 atom stereocenters. The summed E-state index contributed by atoms with van der Waals surface area (Å²) in [4.78, 5) is 11.0. The fourth-order valence-electron chi connectivity index (χ4n) is 1.67. The summed E-state index contributed by atoms with van der Waals surface area (Å²) in [7, 11) is 0. The number of hydrogen-bond donors (Lipinski definition) is 3. The van der Waals surface area contributed by atoms with Gasteiger partial charge in [0.2, 0.25) is 0 Å². The minimum absolute atomic E-state index is 0.329. The molecule has 0 saturated carbocycles. The lowest BCUT2D eigenvalue weighted by Gasteiger charge is -2.28. The van der Waals surface area contributed by atoms with Gasteiger partial charge in [0.15, 0.2) is 0 Å². The molecule has 0 spiro atoms. The molecule has 0 aliphatic carbocycles. The molecular formula is C11H23NO3. The van der Waals surface area contributed by atoms with E-state index in [9.17, 15) is 9.90 Å². The van der Waals surface area contributed by atoms with Crippen LogP contribution in [-0.2, 0) is 4.79 Å². The average Bonchev–Trinajstić information content (AvgIpc) is 2.23. The molecule has 0 aliphatic rings. The molecule has 90 valence electrons. The van der Waals surface area contributed by atoms with Crippen LogP contribution in [0.1, 0.15) is 46.0 Å². The molecule has 15 heavy (non-hydrogen) atoms. The number of hydrogen-bond acceptors (Lipinski definition) is 3. The Morgan fingerprint density at radius 1 is 1.40 bits per heavy atom. The fraction of sp³-hybridized carbons (Fsp3) is 0.909. The summed E-state index contributed by atoms with van der Waals surface area (Å²) in [6.45, 7) is 4.26. The van der Waals surface area contributed by atoms with Crippen molar-refractivity contribution in [3.63, 3.8) is 0 Å². The number of rotatable bonds is 8. The third-order valence-corrected chi connectivity index (χ3v) is 3.05. The van der Waals surface area contributed by atoms with E-state index in [1.807, 2.05) is 13.8 Å². The number of carboxylic acid groups (broad SMARTS) is 1. The number of carboxylic acids is 1. The number of aliphatic carboxylic acids is 1. The Kier molecular flexibility index (Phi) is 6.52. The molecule has 0 aromatic heterocycles. The van der Waals surface area contributed by atoms with E-state index in [-0.39, 0.29) is 0 Å². The highest BCUT2D eigenvalue weighted by molar-refractivity contribution is 5.70. The maximum absolute atomic E-state index is 11.0. The maximum Gasteiger partial charge on any atom is 0.306 e. The first-order valence-corrected chi connectivity index (χ1v) is 5.64. The quantitative estimate of drug-likeness (QED) is 0.573. The smallest absolute Gasteiger partial charge is 0.306 e. The first-order chi connectivity index (χ1) is 6.99. The van der Waals surface area contributed by atoms with Crippen molar-refractivity contribution in [1.29, 1.82) is 0 Å². The molecular weight excluding hydrogens is 194 g/mol. The van der Waals surface area contributed by atoms with Crippen LogP contribution >= 0.6 is 0 Å². The van der Waals surface area contributed by atoms with Crippen LogP contribution in [-0.4, -0.2) is 28.3 Å². The zero-order valence-electron chi connectivity index (χ0n) is 9.70. The van der Waals surface area contributed by atoms with E-state index in [4.69, 9.17) is 10.8 Å². The van der Waals surface area contributed by atoms with Gasteiger partial charge < -0.3 is 15.9 Å². The van der Waals surface area contributed by atoms with Crippen molar-refractivity contribution in [1.82, 2.24) is 0 Å². The average molecular weight is 217 g/mol. The summed E-state index contributed by atoms with van der Waals surface area (Å²) in [6.07, 6.45) is 2.76. The molecule has 0 aliphatic heterocycles. The van der Waals surface area contributed by atoms with E-state index in [0.717, 1.165) is 0 Å². The Hall–Kier alpha value is -0.610. The van der Waals surface area contributed by atoms with Crippen molar-refractivity contribution in [2.24, 2.45) is 11.7 Å². The van der Waals surface area contributed by atoms with Crippen LogP contribution in [0, 0.1) is 5.92 Å². The predicted molar refractivity (Wildman–Crippen MR) is 59.6 cm³/mol. The fourth-order valence-corrected chi connectivity index (χ4v) is 1.67. The number of nitrogens with two attached hydrogens (primary N) is 1. The van der Waals surface area contributed by atoms with E-state index in [1.165, 1.54) is 0 Å². The topological polar surface area (TPSA) is 83.5 Å². The van der Waals surface area contributed by atoms with Gasteiger partial charge in [-0.15, -0.1) is 0 Å². The lowest BCUT2D eigenvalue weighted by molar-refractivity contribution is -0.144. The van der Waals surface area contributed by atoms with E-state index in [0.29, 0.717) is 38.6 Å². The van der Waals surface area contributed by atoms with Crippen LogP contribution in [0.25, 0.3) is 0 Å². The van der Waals surface area contributed by atoms with Crippen LogP contribution < -0.4 is 5.73 Å². The zero-order chi connectivity index (χ0) is 11.9. The molecule has 1 unspecified atom stereocenters. The third-order valence-electron chi connectivity index (χ3n) is 3.05. The third kappa shape index (κ3) is 5.14. The van der Waals surface area contributed by atoms with Gasteiger partial charge in [0, 0.05) is 0 Å². The van der Waals surface area contributed by atoms with Gasteiger partial charge in [0.05, 0.1) is 11.5 Å². The van der Waals surface area contributed by atoms with Gasteiger partial charge in [-0.2, -0.15) is 0 Å². The van der Waals surface area contributed by atoms with Crippen LogP contribution in [0.15, 0.2) is 0 Å². The second-order valence-corrected chi connectivity index (χ2v) is 4.10. The Bertz CT molecular complexity index is 190. The lowest BCUT2D eigenvalue weighted by Crippen LogP contribution is -2.32. The monoisotopic (exact) mass is 217 g/mol. The zero-order valence-corrected chi connectivity index (χ0v) is 9.70. The molecule has 0 saturated heterocycles. The minimum atomic E-state index is -0.836. The van der Waals surface area contributed by atoms with Crippen molar-refractivity contribution in [3.05, 3.63) is 0 Å². The summed E-state index contributed by atoms with van der Waals surface area (Å²) < 4.78 is 0. The number of aliphatic hydroxyl groups is 1. The normalized spacial score (nSPS) is 13.9. The van der Waals surface area contributed by atoms with E-state index < -0.39 is 17.5 Å². The second-order valence-electron chi connectivity index (χ2n) is 4.10. The first kappa shape index (κ1) is 14.4. The molecule has 0 aromatic rings. The van der Waals surface area contributed by atoms with E-state index in [1.54, 1.807) is 0 Å². The highest BCUT2D eigenvalue weighted by atomic mass is 16.4. The molecule has 0 aromatic carbocycles. The minimum Gasteiger partial charge on any atom is -0.481 e. The highest BCUT2D eigenvalue weighted by Gasteiger charge is 2.30. The predicted octanol–water partition coefficient (Wildman–Crippen LogP) is 1.37. The van der Waals surface area contributed by atoms with Gasteiger partial charge in [0.25, 0.3) is 0 Å². The van der Waals surface area contributed by atoms with Crippen LogP contribution in [0.5, 0.6) is 0 Å². The Labute approximate surface area is 91.5 Å². The van der Waals surface area contributed by atoms with Gasteiger partial charge in [0.1, 0.15) is 0 Å². The summed E-state index contributed by atoms with van der Waals surface area (Å²) in [6, 6.07) is 0. The standard InChI is InChI=1S/C11H23NO3/c1-3-11(15,4-2)8-9(10(13)14)6-5-7-12/h9,15H,3-8,12H2,1-2H3,(H,13,14). The number of carbonyl (C=O) groups is 1. The summed E-state index contributed by atoms with van der Waals surface area (Å²) >= 11 is 0. The molecule has 4 N–H and O–H groups in total. The summed E-state index contributed by atoms with van der Waals surface area (Å²) in [5.41, 5.74) is 4.51. The lowest BCUT2D eigenvalue weighted by atomic mass is 9.84. The van der Waals surface area contributed by atoms with Crippen LogP contribution in [0.3, 0.4) is 0 Å². The van der Waals surface area contributed by atoms with Crippen molar-refractivity contribution < 1.29 is 15.0 Å². The van der Waals surface area contributed by atoms with Gasteiger partial charge in [-0.3, -0.25) is 4.79 Å². The Morgan fingerprint density at radius 3 is 2.27 bits per heavy atom. The Balaban J connectivity index is 4.32. The molecule has 4 nitrogen and oxygen atoms in total. The molecule has 4 heteroatoms. The SMILES string of the molecule is CCC(O)(CC)CC(CCCN)C(=O)O. The molecule has 0 heterocycles. The molecule has 0 radical (unpaired) electrons. The molecule has 0 rings (SSSR count). The second kappa shape index (κ2) is 6.80. The molecule has 0 amide bonds. The Morgan fingerprint density at radius 2 is 1.93 bits per heavy atom. The summed E-state index contributed by atoms with van der Waals surface area (Å²) in [5.74, 6) is -1.30. The maximum atomic E-state index is 11.0. The van der Waals surface area contributed by atoms with Crippen molar-refractivity contribution in [3.8, 4) is 0 Å². The van der Waals surface area contributed by atoms with Crippen LogP contribution in [0.2, 0.25) is 0 Å². The highest BCUT2D eigenvalue weighted by Crippen LogP contribution is 2.26. The van der Waals surface area contributed by atoms with Gasteiger partial charge in [-0.25, -0.2) is 0 Å². The molecule has 0 bridgehead atoms. The van der Waals surface area contributed by atoms with Crippen LogP contribution in [0.4, 0.5) is 0 Å². The van der Waals surface area contributed by atoms with E-state index >= 15 is 0 Å². The van der Waals surface area contributed by atoms with E-state index in [2.05, 4.69) is 0 Å². The van der Waals surface area contributed by atoms with Gasteiger partial charge in [-0.1, -0.05) is 13.8 Å². The van der Waals surface area contributed by atoms with Gasteiger partial charge >= 0.3 is 5.97 Å². The first-order valence-electron chi connectivity index (χ1n) is 5.64.